The maximum Gasteiger partial charge on any atom is 0.162 e. The van der Waals surface area contributed by atoms with Crippen LogP contribution in [0.4, 0.5) is 0 Å². The molecule has 0 aliphatic rings. The van der Waals surface area contributed by atoms with Gasteiger partial charge in [-0.05, 0) is 18.6 Å². The van der Waals surface area contributed by atoms with E-state index in [0.29, 0.717) is 25.4 Å². The Kier molecular flexibility index (Phi) is 5.60. The average molecular weight is 287 g/mol. The fourth-order valence-electron chi connectivity index (χ4n) is 2.12. The van der Waals surface area contributed by atoms with Gasteiger partial charge in [0.15, 0.2) is 11.5 Å². The standard InChI is InChI=1S/C17H21NO3/c1-2-21-16-10-6-9-14(17(16)20)11-18-12-15(19)13-7-4-3-5-8-13/h3-10,15,18-20H,2,11-12H2,1H3. The molecule has 112 valence electrons. The lowest BCUT2D eigenvalue weighted by atomic mass is 10.1. The van der Waals surface area contributed by atoms with Gasteiger partial charge in [0.05, 0.1) is 12.7 Å². The van der Waals surface area contributed by atoms with Gasteiger partial charge >= 0.3 is 0 Å². The first-order valence-electron chi connectivity index (χ1n) is 7.09. The van der Waals surface area contributed by atoms with Gasteiger partial charge < -0.3 is 20.3 Å². The Morgan fingerprint density at radius 1 is 1.10 bits per heavy atom. The summed E-state index contributed by atoms with van der Waals surface area (Å²) in [6, 6.07) is 14.9. The summed E-state index contributed by atoms with van der Waals surface area (Å²) < 4.78 is 5.35. The van der Waals surface area contributed by atoms with E-state index in [4.69, 9.17) is 4.74 Å². The average Bonchev–Trinajstić information content (AvgIpc) is 2.52. The first-order chi connectivity index (χ1) is 10.2. The molecule has 21 heavy (non-hydrogen) atoms. The van der Waals surface area contributed by atoms with Gasteiger partial charge in [-0.25, -0.2) is 0 Å². The van der Waals surface area contributed by atoms with Crippen molar-refractivity contribution >= 4 is 0 Å². The number of phenols is 1. The molecule has 0 spiro atoms. The number of para-hydroxylation sites is 1. The second-order valence-corrected chi connectivity index (χ2v) is 4.75. The van der Waals surface area contributed by atoms with Crippen molar-refractivity contribution in [2.24, 2.45) is 0 Å². The van der Waals surface area contributed by atoms with Crippen molar-refractivity contribution in [3.8, 4) is 11.5 Å². The molecule has 0 bridgehead atoms. The molecule has 0 saturated carbocycles. The first-order valence-corrected chi connectivity index (χ1v) is 7.09. The normalized spacial score (nSPS) is 12.1. The lowest BCUT2D eigenvalue weighted by Gasteiger charge is -2.14. The maximum absolute atomic E-state index is 10.1. The third kappa shape index (κ3) is 4.21. The van der Waals surface area contributed by atoms with E-state index in [9.17, 15) is 10.2 Å². The van der Waals surface area contributed by atoms with Gasteiger partial charge in [0.2, 0.25) is 0 Å². The minimum absolute atomic E-state index is 0.154. The second kappa shape index (κ2) is 7.67. The molecule has 2 aromatic rings. The number of hydrogen-bond acceptors (Lipinski definition) is 4. The molecule has 0 fully saturated rings. The summed E-state index contributed by atoms with van der Waals surface area (Å²) in [5.41, 5.74) is 1.62. The number of aliphatic hydroxyl groups is 1. The van der Waals surface area contributed by atoms with Gasteiger partial charge in [0, 0.05) is 18.7 Å². The van der Waals surface area contributed by atoms with E-state index in [2.05, 4.69) is 5.32 Å². The number of rotatable bonds is 7. The van der Waals surface area contributed by atoms with Crippen molar-refractivity contribution in [3.05, 3.63) is 59.7 Å². The van der Waals surface area contributed by atoms with Crippen LogP contribution < -0.4 is 10.1 Å². The van der Waals surface area contributed by atoms with Crippen LogP contribution >= 0.6 is 0 Å². The summed E-state index contributed by atoms with van der Waals surface area (Å²) in [5.74, 6) is 0.640. The van der Waals surface area contributed by atoms with Gasteiger partial charge in [-0.1, -0.05) is 42.5 Å². The van der Waals surface area contributed by atoms with Crippen molar-refractivity contribution in [1.82, 2.24) is 5.32 Å². The van der Waals surface area contributed by atoms with Crippen LogP contribution in [0, 0.1) is 0 Å². The van der Waals surface area contributed by atoms with Crippen LogP contribution in [0.3, 0.4) is 0 Å². The minimum Gasteiger partial charge on any atom is -0.504 e. The number of benzene rings is 2. The fourth-order valence-corrected chi connectivity index (χ4v) is 2.12. The van der Waals surface area contributed by atoms with E-state index in [1.165, 1.54) is 0 Å². The summed E-state index contributed by atoms with van der Waals surface area (Å²) >= 11 is 0. The Hall–Kier alpha value is -2.04. The first kappa shape index (κ1) is 15.4. The SMILES string of the molecule is CCOc1cccc(CNCC(O)c2ccccc2)c1O. The zero-order chi connectivity index (χ0) is 15.1. The van der Waals surface area contributed by atoms with Crippen LogP contribution in [-0.2, 0) is 6.54 Å². The van der Waals surface area contributed by atoms with Gasteiger partial charge in [-0.2, -0.15) is 0 Å². The van der Waals surface area contributed by atoms with E-state index in [1.807, 2.05) is 49.4 Å². The third-order valence-electron chi connectivity index (χ3n) is 3.22. The van der Waals surface area contributed by atoms with E-state index in [-0.39, 0.29) is 5.75 Å². The molecule has 3 N–H and O–H groups in total. The van der Waals surface area contributed by atoms with Crippen LogP contribution in [0.5, 0.6) is 11.5 Å². The molecule has 0 amide bonds. The van der Waals surface area contributed by atoms with Crippen LogP contribution in [0.1, 0.15) is 24.2 Å². The number of hydrogen-bond donors (Lipinski definition) is 3. The summed E-state index contributed by atoms with van der Waals surface area (Å²) in [5, 5.41) is 23.3. The Bertz CT molecular complexity index is 557. The molecule has 4 nitrogen and oxygen atoms in total. The number of nitrogens with one attached hydrogen (secondary N) is 1. The Balaban J connectivity index is 1.90. The number of phenolic OH excluding ortho intramolecular Hbond substituents is 1. The number of aromatic hydroxyl groups is 1. The summed E-state index contributed by atoms with van der Waals surface area (Å²) in [4.78, 5) is 0. The van der Waals surface area contributed by atoms with Crippen molar-refractivity contribution in [1.29, 1.82) is 0 Å². The molecular weight excluding hydrogens is 266 g/mol. The van der Waals surface area contributed by atoms with Crippen molar-refractivity contribution < 1.29 is 14.9 Å². The Labute approximate surface area is 125 Å². The molecule has 0 aliphatic heterocycles. The Morgan fingerprint density at radius 2 is 1.86 bits per heavy atom. The molecular formula is C17H21NO3. The molecule has 0 saturated heterocycles. The molecule has 0 aromatic heterocycles. The quantitative estimate of drug-likeness (QED) is 0.732. The highest BCUT2D eigenvalue weighted by molar-refractivity contribution is 5.45. The molecule has 0 aliphatic carbocycles. The summed E-state index contributed by atoms with van der Waals surface area (Å²) in [7, 11) is 0. The predicted octanol–water partition coefficient (Wildman–Crippen LogP) is 2.61. The molecule has 2 aromatic carbocycles. The largest absolute Gasteiger partial charge is 0.504 e. The lowest BCUT2D eigenvalue weighted by molar-refractivity contribution is 0.174. The highest BCUT2D eigenvalue weighted by atomic mass is 16.5. The van der Waals surface area contributed by atoms with Gasteiger partial charge in [-0.3, -0.25) is 0 Å². The van der Waals surface area contributed by atoms with E-state index in [0.717, 1.165) is 11.1 Å². The second-order valence-electron chi connectivity index (χ2n) is 4.75. The minimum atomic E-state index is -0.566. The monoisotopic (exact) mass is 287 g/mol. The number of aliphatic hydroxyl groups excluding tert-OH is 1. The topological polar surface area (TPSA) is 61.7 Å². The van der Waals surface area contributed by atoms with Gasteiger partial charge in [0.1, 0.15) is 0 Å². The molecule has 0 radical (unpaired) electrons. The zero-order valence-electron chi connectivity index (χ0n) is 12.1. The van der Waals surface area contributed by atoms with E-state index < -0.39 is 6.10 Å². The Morgan fingerprint density at radius 3 is 2.57 bits per heavy atom. The highest BCUT2D eigenvalue weighted by Crippen LogP contribution is 2.29. The van der Waals surface area contributed by atoms with Gasteiger partial charge in [-0.15, -0.1) is 0 Å². The maximum atomic E-state index is 10.1. The molecule has 0 heterocycles. The molecule has 4 heteroatoms. The summed E-state index contributed by atoms with van der Waals surface area (Å²) in [6.45, 7) is 3.27. The van der Waals surface area contributed by atoms with Crippen molar-refractivity contribution in [2.45, 2.75) is 19.6 Å². The molecule has 1 unspecified atom stereocenters. The summed E-state index contributed by atoms with van der Waals surface area (Å²) in [6.07, 6.45) is -0.566. The fraction of sp³-hybridized carbons (Fsp3) is 0.294. The van der Waals surface area contributed by atoms with Crippen molar-refractivity contribution in [2.75, 3.05) is 13.2 Å². The van der Waals surface area contributed by atoms with E-state index >= 15 is 0 Å². The zero-order valence-corrected chi connectivity index (χ0v) is 12.1. The third-order valence-corrected chi connectivity index (χ3v) is 3.22. The number of ether oxygens (including phenoxy) is 1. The van der Waals surface area contributed by atoms with Crippen LogP contribution in [0.25, 0.3) is 0 Å². The molecule has 2 rings (SSSR count). The lowest BCUT2D eigenvalue weighted by Crippen LogP contribution is -2.21. The van der Waals surface area contributed by atoms with Crippen LogP contribution in [-0.4, -0.2) is 23.4 Å². The highest BCUT2D eigenvalue weighted by Gasteiger charge is 2.09. The smallest absolute Gasteiger partial charge is 0.162 e. The van der Waals surface area contributed by atoms with Crippen molar-refractivity contribution in [3.63, 3.8) is 0 Å². The van der Waals surface area contributed by atoms with Crippen LogP contribution in [0.15, 0.2) is 48.5 Å². The van der Waals surface area contributed by atoms with Crippen LogP contribution in [0.2, 0.25) is 0 Å². The predicted molar refractivity (Wildman–Crippen MR) is 82.4 cm³/mol. The van der Waals surface area contributed by atoms with E-state index in [1.54, 1.807) is 6.07 Å². The molecule has 1 atom stereocenters. The van der Waals surface area contributed by atoms with Gasteiger partial charge in [0.25, 0.3) is 0 Å².